The molecular formula is C20H17N5O3S. The highest BCUT2D eigenvalue weighted by molar-refractivity contribution is 7.18. The van der Waals surface area contributed by atoms with Crippen molar-refractivity contribution >= 4 is 28.2 Å². The molecule has 0 spiro atoms. The smallest absolute Gasteiger partial charge is 0.291 e. The minimum absolute atomic E-state index is 0.194. The number of hydrogen-bond donors (Lipinski definition) is 2. The number of thiophene rings is 1. The summed E-state index contributed by atoms with van der Waals surface area (Å²) in [6.45, 7) is 1.06. The molecule has 2 N–H and O–H groups in total. The number of carbonyl (C=O) groups excluding carboxylic acids is 2. The van der Waals surface area contributed by atoms with Crippen LogP contribution < -0.4 is 10.6 Å². The van der Waals surface area contributed by atoms with Crippen LogP contribution in [-0.4, -0.2) is 26.6 Å². The molecule has 8 nitrogen and oxygen atoms in total. The van der Waals surface area contributed by atoms with Gasteiger partial charge in [-0.25, -0.2) is 9.67 Å². The molecule has 29 heavy (non-hydrogen) atoms. The van der Waals surface area contributed by atoms with E-state index in [1.165, 1.54) is 23.9 Å². The number of nitrogens with zero attached hydrogens (tertiary/aromatic N) is 3. The summed E-state index contributed by atoms with van der Waals surface area (Å²) in [5.41, 5.74) is 2.09. The van der Waals surface area contributed by atoms with Gasteiger partial charge in [0, 0.05) is 6.54 Å². The predicted molar refractivity (Wildman–Crippen MR) is 108 cm³/mol. The van der Waals surface area contributed by atoms with Gasteiger partial charge in [0.05, 0.1) is 22.7 Å². The summed E-state index contributed by atoms with van der Waals surface area (Å²) >= 11 is 1.20. The molecule has 1 aromatic carbocycles. The van der Waals surface area contributed by atoms with Gasteiger partial charge in [0.2, 0.25) is 0 Å². The lowest BCUT2D eigenvalue weighted by molar-refractivity contribution is 0.0953. The number of nitrogens with one attached hydrogen (secondary N) is 2. The van der Waals surface area contributed by atoms with E-state index in [0.29, 0.717) is 23.0 Å². The third-order valence-corrected chi connectivity index (χ3v) is 5.10. The van der Waals surface area contributed by atoms with Crippen molar-refractivity contribution in [3.8, 4) is 0 Å². The van der Waals surface area contributed by atoms with Crippen molar-refractivity contribution in [2.75, 3.05) is 5.32 Å². The summed E-state index contributed by atoms with van der Waals surface area (Å²) in [6.07, 6.45) is 4.60. The lowest BCUT2D eigenvalue weighted by Crippen LogP contribution is -2.21. The Morgan fingerprint density at radius 3 is 2.59 bits per heavy atom. The molecule has 9 heteroatoms. The van der Waals surface area contributed by atoms with Crippen molar-refractivity contribution in [3.63, 3.8) is 0 Å². The van der Waals surface area contributed by atoms with Crippen LogP contribution in [0.15, 0.2) is 71.9 Å². The number of rotatable bonds is 7. The molecule has 2 amide bonds. The Hall–Kier alpha value is -3.72. The molecule has 0 aliphatic heterocycles. The minimum atomic E-state index is -0.352. The molecule has 3 heterocycles. The molecule has 0 saturated carbocycles. The lowest BCUT2D eigenvalue weighted by Gasteiger charge is -2.06. The lowest BCUT2D eigenvalue weighted by atomic mass is 10.1. The molecule has 0 aliphatic rings. The molecule has 0 bridgehead atoms. The molecule has 0 radical (unpaired) electrons. The SMILES string of the molecule is O=C(Nc1ccc(C(=O)NCc2ccc(Cn3cncn3)cc2)s1)c1ccco1. The molecule has 146 valence electrons. The summed E-state index contributed by atoms with van der Waals surface area (Å²) in [7, 11) is 0. The van der Waals surface area contributed by atoms with Crippen molar-refractivity contribution in [2.45, 2.75) is 13.1 Å². The fraction of sp³-hybridized carbons (Fsp3) is 0.100. The van der Waals surface area contributed by atoms with E-state index >= 15 is 0 Å². The van der Waals surface area contributed by atoms with Gasteiger partial charge >= 0.3 is 0 Å². The van der Waals surface area contributed by atoms with E-state index in [-0.39, 0.29) is 17.6 Å². The molecule has 0 atom stereocenters. The third kappa shape index (κ3) is 4.77. The van der Waals surface area contributed by atoms with Gasteiger partial charge in [-0.3, -0.25) is 9.59 Å². The number of benzene rings is 1. The van der Waals surface area contributed by atoms with Crippen LogP contribution >= 0.6 is 11.3 Å². The first-order valence-corrected chi connectivity index (χ1v) is 9.62. The van der Waals surface area contributed by atoms with E-state index in [0.717, 1.165) is 11.1 Å². The molecule has 0 saturated heterocycles. The largest absolute Gasteiger partial charge is 0.459 e. The molecule has 0 fully saturated rings. The molecule has 3 aromatic heterocycles. The zero-order valence-electron chi connectivity index (χ0n) is 15.2. The Kier molecular flexibility index (Phi) is 5.48. The maximum absolute atomic E-state index is 12.4. The van der Waals surface area contributed by atoms with Crippen molar-refractivity contribution in [3.05, 3.63) is 89.2 Å². The van der Waals surface area contributed by atoms with Crippen LogP contribution in [0.1, 0.15) is 31.4 Å². The van der Waals surface area contributed by atoms with Crippen molar-refractivity contribution < 1.29 is 14.0 Å². The second kappa shape index (κ2) is 8.53. The number of hydrogen-bond acceptors (Lipinski definition) is 6. The number of carbonyl (C=O) groups is 2. The van der Waals surface area contributed by atoms with Crippen LogP contribution in [-0.2, 0) is 13.1 Å². The van der Waals surface area contributed by atoms with Gasteiger partial charge in [-0.2, -0.15) is 5.10 Å². The van der Waals surface area contributed by atoms with Gasteiger partial charge in [-0.1, -0.05) is 24.3 Å². The second-order valence-electron chi connectivity index (χ2n) is 6.19. The van der Waals surface area contributed by atoms with Crippen LogP contribution in [0.4, 0.5) is 5.00 Å². The maximum Gasteiger partial charge on any atom is 0.291 e. The van der Waals surface area contributed by atoms with E-state index in [1.54, 1.807) is 35.3 Å². The third-order valence-electron chi connectivity index (χ3n) is 4.10. The Bertz CT molecular complexity index is 1090. The molecule has 4 aromatic rings. The first-order chi connectivity index (χ1) is 14.2. The maximum atomic E-state index is 12.4. The van der Waals surface area contributed by atoms with Gasteiger partial charge in [-0.15, -0.1) is 11.3 Å². The fourth-order valence-corrected chi connectivity index (χ4v) is 3.46. The zero-order valence-corrected chi connectivity index (χ0v) is 16.1. The topological polar surface area (TPSA) is 102 Å². The van der Waals surface area contributed by atoms with E-state index < -0.39 is 0 Å². The summed E-state index contributed by atoms with van der Waals surface area (Å²) in [5, 5.41) is 10.3. The van der Waals surface area contributed by atoms with E-state index in [1.807, 2.05) is 24.3 Å². The molecule has 4 rings (SSSR count). The van der Waals surface area contributed by atoms with E-state index in [4.69, 9.17) is 4.42 Å². The molecule has 0 unspecified atom stereocenters. The Morgan fingerprint density at radius 1 is 1.03 bits per heavy atom. The highest BCUT2D eigenvalue weighted by Crippen LogP contribution is 2.22. The standard InChI is InChI=1S/C20H17N5O3S/c26-19(16-2-1-9-28-16)24-18-8-7-17(29-18)20(27)22-10-14-3-5-15(6-4-14)11-25-13-21-12-23-25/h1-9,12-13H,10-11H2,(H,22,27)(H,24,26). The summed E-state index contributed by atoms with van der Waals surface area (Å²) in [6, 6.07) is 14.5. The first-order valence-electron chi connectivity index (χ1n) is 8.80. The van der Waals surface area contributed by atoms with Gasteiger partial charge in [-0.05, 0) is 35.4 Å². The van der Waals surface area contributed by atoms with Crippen molar-refractivity contribution in [1.82, 2.24) is 20.1 Å². The second-order valence-corrected chi connectivity index (χ2v) is 7.27. The van der Waals surface area contributed by atoms with E-state index in [9.17, 15) is 9.59 Å². The number of anilines is 1. The van der Waals surface area contributed by atoms with Gasteiger partial charge < -0.3 is 15.1 Å². The monoisotopic (exact) mass is 407 g/mol. The van der Waals surface area contributed by atoms with E-state index in [2.05, 4.69) is 20.7 Å². The predicted octanol–water partition coefficient (Wildman–Crippen LogP) is 3.16. The average Bonchev–Trinajstić information content (AvgIpc) is 3.49. The molecule has 0 aliphatic carbocycles. The number of amides is 2. The Morgan fingerprint density at radius 2 is 1.86 bits per heavy atom. The van der Waals surface area contributed by atoms with Crippen molar-refractivity contribution in [2.24, 2.45) is 0 Å². The Labute approximate surface area is 170 Å². The summed E-state index contributed by atoms with van der Waals surface area (Å²) in [5.74, 6) is -0.327. The van der Waals surface area contributed by atoms with Crippen molar-refractivity contribution in [1.29, 1.82) is 0 Å². The average molecular weight is 407 g/mol. The number of furan rings is 1. The fourth-order valence-electron chi connectivity index (χ4n) is 2.64. The van der Waals surface area contributed by atoms with Gasteiger partial charge in [0.25, 0.3) is 11.8 Å². The highest BCUT2D eigenvalue weighted by Gasteiger charge is 2.13. The normalized spacial score (nSPS) is 10.6. The summed E-state index contributed by atoms with van der Waals surface area (Å²) < 4.78 is 6.80. The molecular weight excluding hydrogens is 390 g/mol. The minimum Gasteiger partial charge on any atom is -0.459 e. The highest BCUT2D eigenvalue weighted by atomic mass is 32.1. The van der Waals surface area contributed by atoms with Gasteiger partial charge in [0.1, 0.15) is 12.7 Å². The van der Waals surface area contributed by atoms with Crippen LogP contribution in [0.3, 0.4) is 0 Å². The van der Waals surface area contributed by atoms with Gasteiger partial charge in [0.15, 0.2) is 5.76 Å². The summed E-state index contributed by atoms with van der Waals surface area (Å²) in [4.78, 5) is 28.8. The van der Waals surface area contributed by atoms with Crippen LogP contribution in [0.5, 0.6) is 0 Å². The Balaban J connectivity index is 1.29. The van der Waals surface area contributed by atoms with Crippen LogP contribution in [0, 0.1) is 0 Å². The zero-order chi connectivity index (χ0) is 20.1. The van der Waals surface area contributed by atoms with Crippen LogP contribution in [0.2, 0.25) is 0 Å². The quantitative estimate of drug-likeness (QED) is 0.490. The van der Waals surface area contributed by atoms with Crippen LogP contribution in [0.25, 0.3) is 0 Å². The first kappa shape index (κ1) is 18.6. The number of aromatic nitrogens is 3.